The molecular weight excluding hydrogens is 356 g/mol. The van der Waals surface area contributed by atoms with E-state index in [-0.39, 0.29) is 12.5 Å². The number of carbonyl (C=O) groups excluding carboxylic acids is 1. The normalized spacial score (nSPS) is 10.8. The van der Waals surface area contributed by atoms with Crippen LogP contribution in [0.5, 0.6) is 0 Å². The Labute approximate surface area is 161 Å². The van der Waals surface area contributed by atoms with Crippen molar-refractivity contribution in [2.75, 3.05) is 5.32 Å². The Hall–Kier alpha value is -3.88. The lowest BCUT2D eigenvalue weighted by molar-refractivity contribution is -0.116. The molecule has 0 saturated carbocycles. The van der Waals surface area contributed by atoms with E-state index in [4.69, 9.17) is 0 Å². The number of aryl methyl sites for hydroxylation is 2. The number of carbonyl (C=O) groups is 1. The monoisotopic (exact) mass is 374 g/mol. The van der Waals surface area contributed by atoms with E-state index in [0.717, 1.165) is 22.6 Å². The first-order valence-electron chi connectivity index (χ1n) is 8.68. The second-order valence-corrected chi connectivity index (χ2v) is 6.24. The minimum Gasteiger partial charge on any atom is -0.309 e. The van der Waals surface area contributed by atoms with Crippen molar-refractivity contribution in [1.29, 1.82) is 0 Å². The highest BCUT2D eigenvalue weighted by atomic mass is 16.2. The molecule has 0 saturated heterocycles. The van der Waals surface area contributed by atoms with E-state index in [1.807, 2.05) is 32.0 Å². The standard InChI is InChI=1S/C19H18N8O/c1-13-9-17(27(25-13)16-5-3-4-6-21-16)24-18(28)12-26-11-15(10-23-26)19-14(2)20-7-8-22-19/h3-11H,12H2,1-2H3,(H,24,28). The number of hydrogen-bond donors (Lipinski definition) is 1. The van der Waals surface area contributed by atoms with Crippen LogP contribution >= 0.6 is 0 Å². The maximum Gasteiger partial charge on any atom is 0.247 e. The smallest absolute Gasteiger partial charge is 0.247 e. The van der Waals surface area contributed by atoms with Gasteiger partial charge in [-0.05, 0) is 26.0 Å². The summed E-state index contributed by atoms with van der Waals surface area (Å²) in [6.07, 6.45) is 8.40. The summed E-state index contributed by atoms with van der Waals surface area (Å²) in [5.74, 6) is 0.964. The van der Waals surface area contributed by atoms with Crippen molar-refractivity contribution in [3.05, 3.63) is 66.6 Å². The van der Waals surface area contributed by atoms with Crippen molar-refractivity contribution < 1.29 is 4.79 Å². The van der Waals surface area contributed by atoms with E-state index in [9.17, 15) is 4.79 Å². The first-order chi connectivity index (χ1) is 13.6. The summed E-state index contributed by atoms with van der Waals surface area (Å²) >= 11 is 0. The number of hydrogen-bond acceptors (Lipinski definition) is 6. The third-order valence-electron chi connectivity index (χ3n) is 4.06. The van der Waals surface area contributed by atoms with Crippen LogP contribution in [0, 0.1) is 13.8 Å². The van der Waals surface area contributed by atoms with Crippen molar-refractivity contribution in [2.45, 2.75) is 20.4 Å². The SMILES string of the molecule is Cc1cc(NC(=O)Cn2cc(-c3nccnc3C)cn2)n(-c2ccccn2)n1. The number of rotatable bonds is 5. The number of nitrogens with one attached hydrogen (secondary N) is 1. The highest BCUT2D eigenvalue weighted by Crippen LogP contribution is 2.18. The number of anilines is 1. The zero-order valence-electron chi connectivity index (χ0n) is 15.4. The van der Waals surface area contributed by atoms with Gasteiger partial charge in [-0.1, -0.05) is 6.07 Å². The Morgan fingerprint density at radius 3 is 2.75 bits per heavy atom. The molecule has 28 heavy (non-hydrogen) atoms. The minimum absolute atomic E-state index is 0.0613. The fraction of sp³-hybridized carbons (Fsp3) is 0.158. The Morgan fingerprint density at radius 1 is 1.11 bits per heavy atom. The molecule has 4 heterocycles. The predicted octanol–water partition coefficient (Wildman–Crippen LogP) is 2.18. The summed E-state index contributed by atoms with van der Waals surface area (Å²) < 4.78 is 3.16. The van der Waals surface area contributed by atoms with Gasteiger partial charge < -0.3 is 5.32 Å². The predicted molar refractivity (Wildman–Crippen MR) is 103 cm³/mol. The molecule has 0 atom stereocenters. The molecule has 1 amide bonds. The van der Waals surface area contributed by atoms with Gasteiger partial charge in [-0.2, -0.15) is 14.9 Å². The summed E-state index contributed by atoms with van der Waals surface area (Å²) in [5.41, 5.74) is 3.15. The summed E-state index contributed by atoms with van der Waals surface area (Å²) in [6.45, 7) is 3.80. The Bertz CT molecular complexity index is 1120. The van der Waals surface area contributed by atoms with Gasteiger partial charge in [0.2, 0.25) is 5.91 Å². The topological polar surface area (TPSA) is 103 Å². The highest BCUT2D eigenvalue weighted by molar-refractivity contribution is 5.90. The summed E-state index contributed by atoms with van der Waals surface area (Å²) in [7, 11) is 0. The molecular formula is C19H18N8O. The van der Waals surface area contributed by atoms with Crippen molar-refractivity contribution in [3.63, 3.8) is 0 Å². The van der Waals surface area contributed by atoms with Gasteiger partial charge >= 0.3 is 0 Å². The van der Waals surface area contributed by atoms with Crippen LogP contribution in [0.4, 0.5) is 5.82 Å². The van der Waals surface area contributed by atoms with Crippen LogP contribution in [0.3, 0.4) is 0 Å². The quantitative estimate of drug-likeness (QED) is 0.574. The van der Waals surface area contributed by atoms with Crippen LogP contribution in [-0.4, -0.2) is 40.4 Å². The molecule has 4 aromatic heterocycles. The molecule has 0 aliphatic rings. The van der Waals surface area contributed by atoms with Crippen LogP contribution in [0.2, 0.25) is 0 Å². The van der Waals surface area contributed by atoms with Crippen LogP contribution in [0.25, 0.3) is 17.1 Å². The van der Waals surface area contributed by atoms with Gasteiger partial charge in [-0.15, -0.1) is 0 Å². The average molecular weight is 374 g/mol. The molecule has 0 aliphatic carbocycles. The molecule has 9 heteroatoms. The number of nitrogens with zero attached hydrogens (tertiary/aromatic N) is 7. The molecule has 4 rings (SSSR count). The van der Waals surface area contributed by atoms with Crippen LogP contribution < -0.4 is 5.32 Å². The van der Waals surface area contributed by atoms with E-state index in [2.05, 4.69) is 30.5 Å². The largest absolute Gasteiger partial charge is 0.309 e. The van der Waals surface area contributed by atoms with Crippen molar-refractivity contribution in [1.82, 2.24) is 34.5 Å². The van der Waals surface area contributed by atoms with Crippen LogP contribution in [0.1, 0.15) is 11.4 Å². The molecule has 0 radical (unpaired) electrons. The summed E-state index contributed by atoms with van der Waals surface area (Å²) in [4.78, 5) is 25.4. The average Bonchev–Trinajstić information content (AvgIpc) is 3.29. The van der Waals surface area contributed by atoms with Crippen LogP contribution in [0.15, 0.2) is 55.2 Å². The van der Waals surface area contributed by atoms with E-state index in [1.54, 1.807) is 46.4 Å². The number of pyridine rings is 1. The van der Waals surface area contributed by atoms with Crippen LogP contribution in [-0.2, 0) is 11.3 Å². The molecule has 4 aromatic rings. The zero-order chi connectivity index (χ0) is 19.5. The third-order valence-corrected chi connectivity index (χ3v) is 4.06. The highest BCUT2D eigenvalue weighted by Gasteiger charge is 2.13. The third kappa shape index (κ3) is 3.63. The van der Waals surface area contributed by atoms with E-state index in [1.165, 1.54) is 0 Å². The molecule has 9 nitrogen and oxygen atoms in total. The van der Waals surface area contributed by atoms with Crippen molar-refractivity contribution in [2.24, 2.45) is 0 Å². The number of amides is 1. The fourth-order valence-electron chi connectivity index (χ4n) is 2.84. The molecule has 0 fully saturated rings. The Balaban J connectivity index is 1.50. The second kappa shape index (κ2) is 7.39. The molecule has 140 valence electrons. The van der Waals surface area contributed by atoms with Gasteiger partial charge in [0.05, 0.1) is 23.3 Å². The minimum atomic E-state index is -0.220. The first kappa shape index (κ1) is 17.5. The first-order valence-corrected chi connectivity index (χ1v) is 8.68. The lowest BCUT2D eigenvalue weighted by Gasteiger charge is -2.08. The number of aromatic nitrogens is 7. The molecule has 1 N–H and O–H groups in total. The van der Waals surface area contributed by atoms with E-state index in [0.29, 0.717) is 11.6 Å². The van der Waals surface area contributed by atoms with Gasteiger partial charge in [-0.3, -0.25) is 19.4 Å². The zero-order valence-corrected chi connectivity index (χ0v) is 15.4. The summed E-state index contributed by atoms with van der Waals surface area (Å²) in [5, 5.41) is 11.5. The Morgan fingerprint density at radius 2 is 1.96 bits per heavy atom. The van der Waals surface area contributed by atoms with Gasteiger partial charge in [0.15, 0.2) is 5.82 Å². The molecule has 0 aliphatic heterocycles. The fourth-order valence-corrected chi connectivity index (χ4v) is 2.84. The van der Waals surface area contributed by atoms with Gasteiger partial charge in [0, 0.05) is 36.4 Å². The Kier molecular flexibility index (Phi) is 4.63. The molecule has 0 aromatic carbocycles. The van der Waals surface area contributed by atoms with E-state index < -0.39 is 0 Å². The van der Waals surface area contributed by atoms with Gasteiger partial charge in [0.25, 0.3) is 0 Å². The lowest BCUT2D eigenvalue weighted by Crippen LogP contribution is -2.21. The molecule has 0 bridgehead atoms. The van der Waals surface area contributed by atoms with Gasteiger partial charge in [0.1, 0.15) is 12.4 Å². The lowest BCUT2D eigenvalue weighted by atomic mass is 10.2. The molecule has 0 spiro atoms. The van der Waals surface area contributed by atoms with E-state index >= 15 is 0 Å². The van der Waals surface area contributed by atoms with Crippen molar-refractivity contribution >= 4 is 11.7 Å². The maximum atomic E-state index is 12.5. The maximum absolute atomic E-state index is 12.5. The second-order valence-electron chi connectivity index (χ2n) is 6.24. The molecule has 0 unspecified atom stereocenters. The summed E-state index contributed by atoms with van der Waals surface area (Å²) in [6, 6.07) is 7.31. The van der Waals surface area contributed by atoms with Gasteiger partial charge in [-0.25, -0.2) is 4.98 Å². The van der Waals surface area contributed by atoms with Crippen molar-refractivity contribution in [3.8, 4) is 17.1 Å².